The van der Waals surface area contributed by atoms with Crippen LogP contribution in [0.1, 0.15) is 43.5 Å². The maximum Gasteiger partial charge on any atom is 0.0722 e. The van der Waals surface area contributed by atoms with Gasteiger partial charge in [0.2, 0.25) is 0 Å². The van der Waals surface area contributed by atoms with Crippen LogP contribution in [-0.2, 0) is 19.0 Å². The molecule has 0 spiro atoms. The van der Waals surface area contributed by atoms with E-state index in [9.17, 15) is 0 Å². The largest absolute Gasteiger partial charge is 0.330 e. The van der Waals surface area contributed by atoms with Crippen LogP contribution < -0.4 is 5.73 Å². The lowest BCUT2D eigenvalue weighted by molar-refractivity contribution is 0.314. The summed E-state index contributed by atoms with van der Waals surface area (Å²) in [6.07, 6.45) is 2.17. The molecular formula is C20H30N4. The zero-order valence-corrected chi connectivity index (χ0v) is 15.4. The van der Waals surface area contributed by atoms with E-state index >= 15 is 0 Å². The molecule has 1 aromatic heterocycles. The van der Waals surface area contributed by atoms with E-state index in [1.165, 1.54) is 16.8 Å². The van der Waals surface area contributed by atoms with Crippen LogP contribution >= 0.6 is 0 Å². The van der Waals surface area contributed by atoms with Gasteiger partial charge in [-0.1, -0.05) is 51.1 Å². The first-order valence-electron chi connectivity index (χ1n) is 8.89. The fraction of sp³-hybridized carbons (Fsp3) is 0.550. The highest BCUT2D eigenvalue weighted by molar-refractivity contribution is 5.26. The number of rotatable bonds is 4. The molecule has 1 saturated heterocycles. The molecule has 1 aromatic carbocycles. The van der Waals surface area contributed by atoms with Crippen molar-refractivity contribution in [2.45, 2.75) is 38.6 Å². The second-order valence-electron chi connectivity index (χ2n) is 8.13. The number of nitrogens with zero attached hydrogens (tertiary/aromatic N) is 3. The number of aromatic nitrogens is 2. The number of nitrogens with two attached hydrogens (primary N) is 1. The van der Waals surface area contributed by atoms with E-state index in [0.717, 1.165) is 26.2 Å². The van der Waals surface area contributed by atoms with E-state index in [1.54, 1.807) is 0 Å². The quantitative estimate of drug-likeness (QED) is 0.940. The summed E-state index contributed by atoms with van der Waals surface area (Å²) in [4.78, 5) is 2.54. The molecule has 0 amide bonds. The Bertz CT molecular complexity index is 669. The van der Waals surface area contributed by atoms with Crippen LogP contribution in [0.25, 0.3) is 0 Å². The summed E-state index contributed by atoms with van der Waals surface area (Å²) in [5, 5.41) is 4.71. The van der Waals surface area contributed by atoms with Gasteiger partial charge in [-0.3, -0.25) is 9.58 Å². The smallest absolute Gasteiger partial charge is 0.0722 e. The highest BCUT2D eigenvalue weighted by Gasteiger charge is 2.34. The van der Waals surface area contributed by atoms with Crippen molar-refractivity contribution < 1.29 is 0 Å². The SMILES string of the molecule is Cn1cc(CN2C[C@@H](CN)[C@H](c3ccccc3)C2)c(C(C)(C)C)n1. The molecule has 0 aliphatic carbocycles. The third-order valence-corrected chi connectivity index (χ3v) is 5.06. The van der Waals surface area contributed by atoms with Gasteiger partial charge in [-0.05, 0) is 18.0 Å². The van der Waals surface area contributed by atoms with Gasteiger partial charge in [-0.2, -0.15) is 5.10 Å². The van der Waals surface area contributed by atoms with Gasteiger partial charge in [0.1, 0.15) is 0 Å². The average molecular weight is 326 g/mol. The fourth-order valence-corrected chi connectivity index (χ4v) is 3.93. The van der Waals surface area contributed by atoms with Crippen LogP contribution in [0.15, 0.2) is 36.5 Å². The third kappa shape index (κ3) is 3.55. The van der Waals surface area contributed by atoms with Crippen LogP contribution in [0.4, 0.5) is 0 Å². The van der Waals surface area contributed by atoms with Gasteiger partial charge in [0.05, 0.1) is 5.69 Å². The van der Waals surface area contributed by atoms with Crippen molar-refractivity contribution in [3.05, 3.63) is 53.3 Å². The number of benzene rings is 1. The summed E-state index contributed by atoms with van der Waals surface area (Å²) < 4.78 is 1.95. The van der Waals surface area contributed by atoms with Crippen molar-refractivity contribution in [2.24, 2.45) is 18.7 Å². The summed E-state index contributed by atoms with van der Waals surface area (Å²) in [6.45, 7) is 10.5. The van der Waals surface area contributed by atoms with Crippen LogP contribution in [0.2, 0.25) is 0 Å². The van der Waals surface area contributed by atoms with Gasteiger partial charge in [0.25, 0.3) is 0 Å². The molecule has 130 valence electrons. The predicted molar refractivity (Wildman–Crippen MR) is 98.9 cm³/mol. The average Bonchev–Trinajstić information content (AvgIpc) is 3.11. The highest BCUT2D eigenvalue weighted by Crippen LogP contribution is 2.34. The first-order valence-corrected chi connectivity index (χ1v) is 8.89. The second-order valence-corrected chi connectivity index (χ2v) is 8.13. The Morgan fingerprint density at radius 3 is 2.50 bits per heavy atom. The van der Waals surface area contributed by atoms with E-state index < -0.39 is 0 Å². The first-order chi connectivity index (χ1) is 11.4. The molecule has 4 nitrogen and oxygen atoms in total. The lowest BCUT2D eigenvalue weighted by Crippen LogP contribution is -2.24. The zero-order chi connectivity index (χ0) is 17.3. The van der Waals surface area contributed by atoms with Gasteiger partial charge in [-0.25, -0.2) is 0 Å². The first kappa shape index (κ1) is 17.2. The number of hydrogen-bond acceptors (Lipinski definition) is 3. The molecule has 4 heteroatoms. The fourth-order valence-electron chi connectivity index (χ4n) is 3.93. The van der Waals surface area contributed by atoms with Crippen molar-refractivity contribution >= 4 is 0 Å². The van der Waals surface area contributed by atoms with Gasteiger partial charge in [0.15, 0.2) is 0 Å². The highest BCUT2D eigenvalue weighted by atomic mass is 15.3. The molecule has 1 aliphatic rings. The Kier molecular flexibility index (Phi) is 4.79. The van der Waals surface area contributed by atoms with Crippen molar-refractivity contribution in [2.75, 3.05) is 19.6 Å². The number of likely N-dealkylation sites (tertiary alicyclic amines) is 1. The Balaban J connectivity index is 1.78. The lowest BCUT2D eigenvalue weighted by Gasteiger charge is -2.21. The zero-order valence-electron chi connectivity index (χ0n) is 15.4. The van der Waals surface area contributed by atoms with E-state index in [-0.39, 0.29) is 5.41 Å². The van der Waals surface area contributed by atoms with Crippen molar-refractivity contribution in [1.82, 2.24) is 14.7 Å². The summed E-state index contributed by atoms with van der Waals surface area (Å²) in [7, 11) is 2.01. The van der Waals surface area contributed by atoms with Crippen LogP contribution in [0.3, 0.4) is 0 Å². The molecule has 2 atom stereocenters. The van der Waals surface area contributed by atoms with Gasteiger partial charge >= 0.3 is 0 Å². The summed E-state index contributed by atoms with van der Waals surface area (Å²) >= 11 is 0. The minimum absolute atomic E-state index is 0.0718. The molecule has 2 aromatic rings. The molecular weight excluding hydrogens is 296 g/mol. The lowest BCUT2D eigenvalue weighted by atomic mass is 9.89. The minimum Gasteiger partial charge on any atom is -0.330 e. The topological polar surface area (TPSA) is 47.1 Å². The normalized spacial score (nSPS) is 22.2. The van der Waals surface area contributed by atoms with E-state index in [0.29, 0.717) is 11.8 Å². The predicted octanol–water partition coefficient (Wildman–Crippen LogP) is 2.89. The van der Waals surface area contributed by atoms with E-state index in [2.05, 4.69) is 62.2 Å². The molecule has 24 heavy (non-hydrogen) atoms. The third-order valence-electron chi connectivity index (χ3n) is 5.06. The molecule has 0 radical (unpaired) electrons. The Morgan fingerprint density at radius 1 is 1.17 bits per heavy atom. The summed E-state index contributed by atoms with van der Waals surface area (Å²) in [6, 6.07) is 10.8. The molecule has 0 unspecified atom stereocenters. The minimum atomic E-state index is 0.0718. The molecule has 0 bridgehead atoms. The van der Waals surface area contributed by atoms with E-state index in [4.69, 9.17) is 10.8 Å². The second kappa shape index (κ2) is 6.69. The van der Waals surface area contributed by atoms with E-state index in [1.807, 2.05) is 11.7 Å². The molecule has 2 heterocycles. The monoisotopic (exact) mass is 326 g/mol. The van der Waals surface area contributed by atoms with Crippen LogP contribution in [0, 0.1) is 5.92 Å². The van der Waals surface area contributed by atoms with Crippen molar-refractivity contribution in [1.29, 1.82) is 0 Å². The van der Waals surface area contributed by atoms with Crippen molar-refractivity contribution in [3.63, 3.8) is 0 Å². The summed E-state index contributed by atoms with van der Waals surface area (Å²) in [5.41, 5.74) is 10.1. The summed E-state index contributed by atoms with van der Waals surface area (Å²) in [5.74, 6) is 1.06. The van der Waals surface area contributed by atoms with Gasteiger partial charge in [-0.15, -0.1) is 0 Å². The standard InChI is InChI=1S/C20H30N4/c1-20(2,3)19-17(11-23(4)22-19)13-24-12-16(10-21)18(14-24)15-8-6-5-7-9-15/h5-9,11,16,18H,10,12-14,21H2,1-4H3/t16-,18+/m1/s1. The van der Waals surface area contributed by atoms with Gasteiger partial charge < -0.3 is 5.73 Å². The number of hydrogen-bond donors (Lipinski definition) is 1. The maximum absolute atomic E-state index is 6.08. The molecule has 1 aliphatic heterocycles. The molecule has 3 rings (SSSR count). The molecule has 1 fully saturated rings. The van der Waals surface area contributed by atoms with Crippen LogP contribution in [0.5, 0.6) is 0 Å². The Morgan fingerprint density at radius 2 is 1.88 bits per heavy atom. The number of aryl methyl sites for hydroxylation is 1. The van der Waals surface area contributed by atoms with Crippen LogP contribution in [-0.4, -0.2) is 34.3 Å². The van der Waals surface area contributed by atoms with Crippen molar-refractivity contribution in [3.8, 4) is 0 Å². The Hall–Kier alpha value is -1.65. The molecule has 0 saturated carbocycles. The Labute approximate surface area is 145 Å². The van der Waals surface area contributed by atoms with Gasteiger partial charge in [0, 0.05) is 49.8 Å². The molecule has 2 N–H and O–H groups in total. The maximum atomic E-state index is 6.08.